The summed E-state index contributed by atoms with van der Waals surface area (Å²) in [6.07, 6.45) is 0.796. The van der Waals surface area contributed by atoms with E-state index in [0.717, 1.165) is 6.16 Å². The van der Waals surface area contributed by atoms with Crippen LogP contribution in [0.2, 0.25) is 0 Å². The molecule has 0 radical (unpaired) electrons. The zero-order valence-corrected chi connectivity index (χ0v) is 20.4. The van der Waals surface area contributed by atoms with Crippen molar-refractivity contribution in [3.8, 4) is 0 Å². The van der Waals surface area contributed by atoms with E-state index in [2.05, 4.69) is 125 Å². The van der Waals surface area contributed by atoms with Gasteiger partial charge in [-0.3, -0.25) is 0 Å². The summed E-state index contributed by atoms with van der Waals surface area (Å²) in [5.74, 6) is -3.32. The van der Waals surface area contributed by atoms with Gasteiger partial charge in [-0.15, -0.1) is 0 Å². The van der Waals surface area contributed by atoms with Crippen molar-refractivity contribution in [3.05, 3.63) is 125 Å². The summed E-state index contributed by atoms with van der Waals surface area (Å²) in [4.78, 5) is 0. The molecule has 0 aromatic heterocycles. The summed E-state index contributed by atoms with van der Waals surface area (Å²) in [7, 11) is 0. The Morgan fingerprint density at radius 3 is 1.32 bits per heavy atom. The first-order chi connectivity index (χ1) is 14.9. The molecular weight excluding hydrogens is 415 g/mol. The van der Waals surface area contributed by atoms with Crippen LogP contribution in [-0.2, 0) is 6.16 Å². The number of hydrogen-bond donors (Lipinski definition) is 0. The van der Waals surface area contributed by atoms with Crippen LogP contribution in [-0.4, -0.2) is 0 Å². The molecule has 0 nitrogen and oxygen atoms in total. The first kappa shape index (κ1) is 21.8. The van der Waals surface area contributed by atoms with E-state index in [1.54, 1.807) is 0 Å². The average Bonchev–Trinajstić information content (AvgIpc) is 2.82. The number of halogens is 1. The topological polar surface area (TPSA) is 0 Å². The van der Waals surface area contributed by atoms with E-state index in [-0.39, 0.29) is 0 Å². The third kappa shape index (κ3) is 3.53. The second kappa shape index (κ2) is 8.27. The van der Waals surface area contributed by atoms with E-state index in [9.17, 15) is 0 Å². The first-order valence-corrected chi connectivity index (χ1v) is 14.1. The quantitative estimate of drug-likeness (QED) is 0.288. The predicted molar refractivity (Wildman–Crippen MR) is 140 cm³/mol. The van der Waals surface area contributed by atoms with Crippen molar-refractivity contribution in [3.63, 3.8) is 0 Å². The Morgan fingerprint density at radius 2 is 0.935 bits per heavy atom. The molecular formula is C29H30ClP. The van der Waals surface area contributed by atoms with Gasteiger partial charge < -0.3 is 0 Å². The fraction of sp³-hybridized carbons (Fsp3) is 0.172. The molecule has 0 aliphatic rings. The van der Waals surface area contributed by atoms with E-state index < -0.39 is 5.96 Å². The van der Waals surface area contributed by atoms with Gasteiger partial charge in [0, 0.05) is 0 Å². The minimum atomic E-state index is -3.32. The first-order valence-electron chi connectivity index (χ1n) is 10.8. The van der Waals surface area contributed by atoms with E-state index in [0.29, 0.717) is 0 Å². The molecule has 0 fully saturated rings. The van der Waals surface area contributed by atoms with Crippen molar-refractivity contribution in [1.82, 2.24) is 0 Å². The minimum absolute atomic E-state index is 0.796. The van der Waals surface area contributed by atoms with Crippen LogP contribution in [0.4, 0.5) is 0 Å². The molecule has 0 aliphatic carbocycles. The second-order valence-electron chi connectivity index (χ2n) is 8.59. The average molecular weight is 445 g/mol. The predicted octanol–water partition coefficient (Wildman–Crippen LogP) is 7.10. The Balaban J connectivity index is 2.14. The van der Waals surface area contributed by atoms with Crippen LogP contribution >= 0.6 is 17.2 Å². The second-order valence-corrected chi connectivity index (χ2v) is 15.1. The van der Waals surface area contributed by atoms with E-state index >= 15 is 0 Å². The van der Waals surface area contributed by atoms with E-state index in [4.69, 9.17) is 11.2 Å². The van der Waals surface area contributed by atoms with Crippen LogP contribution in [0.1, 0.15) is 27.8 Å². The normalized spacial score (nSPS) is 12.9. The monoisotopic (exact) mass is 444 g/mol. The summed E-state index contributed by atoms with van der Waals surface area (Å²) in [6.45, 7) is 8.91. The molecule has 4 aromatic rings. The third-order valence-corrected chi connectivity index (χ3v) is 14.0. The molecule has 158 valence electrons. The summed E-state index contributed by atoms with van der Waals surface area (Å²) in [5.41, 5.74) is 6.74. The van der Waals surface area contributed by atoms with Gasteiger partial charge in [0.15, 0.2) is 0 Å². The molecule has 0 aliphatic heterocycles. The van der Waals surface area contributed by atoms with Crippen LogP contribution in [0.5, 0.6) is 0 Å². The van der Waals surface area contributed by atoms with Crippen LogP contribution in [0, 0.1) is 27.7 Å². The molecule has 4 aromatic carbocycles. The van der Waals surface area contributed by atoms with Crippen molar-refractivity contribution >= 4 is 33.1 Å². The summed E-state index contributed by atoms with van der Waals surface area (Å²) >= 11 is 8.28. The van der Waals surface area contributed by atoms with Gasteiger partial charge >= 0.3 is 192 Å². The Hall–Kier alpha value is -2.40. The molecule has 2 heteroatoms. The van der Waals surface area contributed by atoms with E-state index in [1.807, 2.05) is 0 Å². The van der Waals surface area contributed by atoms with Crippen LogP contribution in [0.25, 0.3) is 0 Å². The van der Waals surface area contributed by atoms with E-state index in [1.165, 1.54) is 43.7 Å². The van der Waals surface area contributed by atoms with Gasteiger partial charge in [0.25, 0.3) is 0 Å². The summed E-state index contributed by atoms with van der Waals surface area (Å²) in [6, 6.07) is 34.5. The van der Waals surface area contributed by atoms with Crippen molar-refractivity contribution in [2.75, 3.05) is 0 Å². The fourth-order valence-electron chi connectivity index (χ4n) is 4.82. The molecule has 0 unspecified atom stereocenters. The van der Waals surface area contributed by atoms with Crippen molar-refractivity contribution in [2.24, 2.45) is 0 Å². The molecule has 0 saturated carbocycles. The number of benzene rings is 4. The maximum absolute atomic E-state index is 8.28. The van der Waals surface area contributed by atoms with Crippen LogP contribution in [0.3, 0.4) is 0 Å². The molecule has 0 spiro atoms. The van der Waals surface area contributed by atoms with Gasteiger partial charge in [-0.25, -0.2) is 0 Å². The molecule has 0 N–H and O–H groups in total. The molecule has 0 bridgehead atoms. The van der Waals surface area contributed by atoms with Crippen molar-refractivity contribution in [1.29, 1.82) is 0 Å². The Morgan fingerprint density at radius 1 is 0.548 bits per heavy atom. The molecule has 31 heavy (non-hydrogen) atoms. The van der Waals surface area contributed by atoms with Gasteiger partial charge in [0.2, 0.25) is 0 Å². The summed E-state index contributed by atoms with van der Waals surface area (Å²) in [5, 5.41) is 3.64. The molecule has 0 atom stereocenters. The number of rotatable bonds is 5. The standard InChI is InChI=1S/C29H30ClP/c1-22-20-23(2)29(25(4)24(22)3)21-31(30,26-14-8-5-9-15-26,27-16-10-6-11-17-27)28-18-12-7-13-19-28/h5-20H,21H2,1-4H3. The Kier molecular flexibility index (Phi) is 5.82. The molecule has 0 heterocycles. The van der Waals surface area contributed by atoms with Gasteiger partial charge in [0.1, 0.15) is 0 Å². The SMILES string of the molecule is Cc1cc(C)c(CP(Cl)(c2ccccc2)(c2ccccc2)c2ccccc2)c(C)c1C. The van der Waals surface area contributed by atoms with Gasteiger partial charge in [-0.05, 0) is 0 Å². The molecule has 0 amide bonds. The van der Waals surface area contributed by atoms with Crippen molar-refractivity contribution in [2.45, 2.75) is 33.9 Å². The van der Waals surface area contributed by atoms with Gasteiger partial charge in [-0.1, -0.05) is 0 Å². The Bertz CT molecular complexity index is 1100. The summed E-state index contributed by atoms with van der Waals surface area (Å²) < 4.78 is 0. The fourth-order valence-corrected chi connectivity index (χ4v) is 11.1. The van der Waals surface area contributed by atoms with Gasteiger partial charge in [-0.2, -0.15) is 0 Å². The van der Waals surface area contributed by atoms with Gasteiger partial charge in [0.05, 0.1) is 0 Å². The molecule has 0 saturated heterocycles. The third-order valence-electron chi connectivity index (χ3n) is 6.85. The molecule has 4 rings (SSSR count). The maximum atomic E-state index is 8.28. The van der Waals surface area contributed by atoms with Crippen LogP contribution < -0.4 is 15.9 Å². The number of hydrogen-bond acceptors (Lipinski definition) is 0. The zero-order chi connectivity index (χ0) is 22.1. The van der Waals surface area contributed by atoms with Crippen molar-refractivity contribution < 1.29 is 0 Å². The number of aryl methyl sites for hydroxylation is 2. The zero-order valence-electron chi connectivity index (χ0n) is 18.8. The Labute approximate surface area is 191 Å². The van der Waals surface area contributed by atoms with Crippen LogP contribution in [0.15, 0.2) is 97.1 Å².